The Kier molecular flexibility index (Phi) is 6.70. The summed E-state index contributed by atoms with van der Waals surface area (Å²) in [6.07, 6.45) is 5.05. The third kappa shape index (κ3) is 6.94. The molecule has 1 aromatic heterocycles. The topological polar surface area (TPSA) is 12.0 Å². The first-order valence-electron chi connectivity index (χ1n) is 6.07. The first-order valence-corrected chi connectivity index (χ1v) is 8.47. The molecular formula is C13H21Br2NS. The Labute approximate surface area is 126 Å². The molecule has 1 rings (SSSR count). The summed E-state index contributed by atoms with van der Waals surface area (Å²) >= 11 is 8.90. The molecular weight excluding hydrogens is 362 g/mol. The van der Waals surface area contributed by atoms with Crippen LogP contribution in [0.1, 0.15) is 44.9 Å². The minimum Gasteiger partial charge on any atom is -0.312 e. The van der Waals surface area contributed by atoms with Crippen molar-refractivity contribution in [1.82, 2.24) is 5.32 Å². The van der Waals surface area contributed by atoms with Crippen LogP contribution in [0.2, 0.25) is 0 Å². The number of aryl methyl sites for hydroxylation is 1. The average molecular weight is 383 g/mol. The Morgan fingerprint density at radius 2 is 1.88 bits per heavy atom. The molecule has 0 unspecified atom stereocenters. The van der Waals surface area contributed by atoms with Crippen molar-refractivity contribution in [3.8, 4) is 0 Å². The van der Waals surface area contributed by atoms with Gasteiger partial charge < -0.3 is 5.32 Å². The standard InChI is InChI=1S/C13H21Br2NS/c1-13(2,3)16-8-6-4-5-7-10-9-11(14)12(15)17-10/h9,16H,4-8H2,1-3H3. The molecule has 0 bridgehead atoms. The van der Waals surface area contributed by atoms with Crippen LogP contribution >= 0.6 is 43.2 Å². The predicted molar refractivity (Wildman–Crippen MR) is 85.0 cm³/mol. The summed E-state index contributed by atoms with van der Waals surface area (Å²) in [6, 6.07) is 2.22. The van der Waals surface area contributed by atoms with Crippen molar-refractivity contribution in [2.24, 2.45) is 0 Å². The highest BCUT2D eigenvalue weighted by atomic mass is 79.9. The third-order valence-corrected chi connectivity index (χ3v) is 5.77. The highest BCUT2D eigenvalue weighted by Crippen LogP contribution is 2.33. The van der Waals surface area contributed by atoms with Gasteiger partial charge in [0.15, 0.2) is 0 Å². The van der Waals surface area contributed by atoms with Crippen molar-refractivity contribution in [3.05, 3.63) is 19.2 Å². The van der Waals surface area contributed by atoms with Crippen LogP contribution in [-0.2, 0) is 6.42 Å². The summed E-state index contributed by atoms with van der Waals surface area (Å²) in [6.45, 7) is 7.77. The molecule has 0 fully saturated rings. The summed E-state index contributed by atoms with van der Waals surface area (Å²) in [5.41, 5.74) is 0.253. The van der Waals surface area contributed by atoms with Crippen molar-refractivity contribution in [2.45, 2.75) is 52.0 Å². The van der Waals surface area contributed by atoms with E-state index in [2.05, 4.69) is 64.0 Å². The monoisotopic (exact) mass is 381 g/mol. The van der Waals surface area contributed by atoms with E-state index < -0.39 is 0 Å². The maximum Gasteiger partial charge on any atom is 0.0843 e. The van der Waals surface area contributed by atoms with E-state index in [1.807, 2.05) is 11.3 Å². The molecule has 4 heteroatoms. The Balaban J connectivity index is 2.09. The van der Waals surface area contributed by atoms with E-state index in [1.165, 1.54) is 38.8 Å². The van der Waals surface area contributed by atoms with Crippen LogP contribution in [0, 0.1) is 0 Å². The highest BCUT2D eigenvalue weighted by Gasteiger charge is 2.07. The predicted octanol–water partition coefficient (Wildman–Crippen LogP) is 5.37. The molecule has 1 heterocycles. The average Bonchev–Trinajstić information content (AvgIpc) is 2.50. The number of thiophene rings is 1. The molecule has 98 valence electrons. The molecule has 0 saturated carbocycles. The zero-order chi connectivity index (χ0) is 12.9. The summed E-state index contributed by atoms with van der Waals surface area (Å²) in [7, 11) is 0. The van der Waals surface area contributed by atoms with Gasteiger partial charge in [0.1, 0.15) is 0 Å². The fraction of sp³-hybridized carbons (Fsp3) is 0.692. The quantitative estimate of drug-likeness (QED) is 0.651. The molecule has 0 aliphatic carbocycles. The lowest BCUT2D eigenvalue weighted by molar-refractivity contribution is 0.417. The van der Waals surface area contributed by atoms with Crippen LogP contribution in [0.5, 0.6) is 0 Å². The first-order chi connectivity index (χ1) is 7.88. The van der Waals surface area contributed by atoms with E-state index in [9.17, 15) is 0 Å². The summed E-state index contributed by atoms with van der Waals surface area (Å²) < 4.78 is 2.40. The lowest BCUT2D eigenvalue weighted by atomic mass is 10.1. The molecule has 17 heavy (non-hydrogen) atoms. The van der Waals surface area contributed by atoms with E-state index in [0.717, 1.165) is 6.54 Å². The number of halogens is 2. The van der Waals surface area contributed by atoms with Crippen LogP contribution < -0.4 is 5.32 Å². The van der Waals surface area contributed by atoms with E-state index in [0.29, 0.717) is 0 Å². The maximum absolute atomic E-state index is 3.53. The molecule has 1 aromatic rings. The van der Waals surface area contributed by atoms with Crippen molar-refractivity contribution < 1.29 is 0 Å². The Hall–Kier alpha value is 0.620. The maximum atomic E-state index is 3.53. The van der Waals surface area contributed by atoms with E-state index in [4.69, 9.17) is 0 Å². The van der Waals surface area contributed by atoms with Gasteiger partial charge in [0.25, 0.3) is 0 Å². The fourth-order valence-corrected chi connectivity index (χ4v) is 3.80. The summed E-state index contributed by atoms with van der Waals surface area (Å²) in [5, 5.41) is 3.52. The van der Waals surface area contributed by atoms with Crippen molar-refractivity contribution in [2.75, 3.05) is 6.54 Å². The van der Waals surface area contributed by atoms with Crippen LogP contribution in [0.15, 0.2) is 14.3 Å². The molecule has 0 aromatic carbocycles. The highest BCUT2D eigenvalue weighted by molar-refractivity contribution is 9.13. The van der Waals surface area contributed by atoms with Crippen LogP contribution in [0.25, 0.3) is 0 Å². The van der Waals surface area contributed by atoms with Crippen LogP contribution in [0.4, 0.5) is 0 Å². The molecule has 0 atom stereocenters. The first kappa shape index (κ1) is 15.7. The van der Waals surface area contributed by atoms with Gasteiger partial charge in [-0.15, -0.1) is 11.3 Å². The summed E-state index contributed by atoms with van der Waals surface area (Å²) in [4.78, 5) is 1.47. The van der Waals surface area contributed by atoms with Crippen molar-refractivity contribution in [3.63, 3.8) is 0 Å². The van der Waals surface area contributed by atoms with Crippen LogP contribution in [-0.4, -0.2) is 12.1 Å². The fourth-order valence-electron chi connectivity index (χ4n) is 1.58. The van der Waals surface area contributed by atoms with Gasteiger partial charge in [0, 0.05) is 14.9 Å². The Bertz CT molecular complexity index is 322. The zero-order valence-electron chi connectivity index (χ0n) is 10.8. The molecule has 0 spiro atoms. The minimum absolute atomic E-state index is 0.253. The van der Waals surface area contributed by atoms with Crippen molar-refractivity contribution in [1.29, 1.82) is 0 Å². The molecule has 1 N–H and O–H groups in total. The van der Waals surface area contributed by atoms with Gasteiger partial charge in [-0.3, -0.25) is 0 Å². The third-order valence-electron chi connectivity index (χ3n) is 2.45. The lowest BCUT2D eigenvalue weighted by Gasteiger charge is -2.20. The minimum atomic E-state index is 0.253. The van der Waals surface area contributed by atoms with Gasteiger partial charge >= 0.3 is 0 Å². The van der Waals surface area contributed by atoms with Crippen LogP contribution in [0.3, 0.4) is 0 Å². The Morgan fingerprint density at radius 3 is 2.41 bits per heavy atom. The van der Waals surface area contributed by atoms with Gasteiger partial charge in [-0.2, -0.15) is 0 Å². The second-order valence-corrected chi connectivity index (χ2v) is 8.63. The van der Waals surface area contributed by atoms with Crippen molar-refractivity contribution >= 4 is 43.2 Å². The SMILES string of the molecule is CC(C)(C)NCCCCCc1cc(Br)c(Br)s1. The number of rotatable bonds is 6. The van der Waals surface area contributed by atoms with Gasteiger partial charge in [0.05, 0.1) is 3.79 Å². The second-order valence-electron chi connectivity index (χ2n) is 5.32. The van der Waals surface area contributed by atoms with E-state index in [-0.39, 0.29) is 5.54 Å². The lowest BCUT2D eigenvalue weighted by Crippen LogP contribution is -2.36. The number of nitrogens with one attached hydrogen (secondary N) is 1. The number of hydrogen-bond acceptors (Lipinski definition) is 2. The molecule has 1 nitrogen and oxygen atoms in total. The smallest absolute Gasteiger partial charge is 0.0843 e. The van der Waals surface area contributed by atoms with Gasteiger partial charge in [-0.1, -0.05) is 6.42 Å². The van der Waals surface area contributed by atoms with E-state index in [1.54, 1.807) is 0 Å². The summed E-state index contributed by atoms with van der Waals surface area (Å²) in [5.74, 6) is 0. The molecule has 0 aliphatic rings. The molecule has 0 aliphatic heterocycles. The molecule has 0 radical (unpaired) electrons. The van der Waals surface area contributed by atoms with Gasteiger partial charge in [-0.05, 0) is 84.5 Å². The van der Waals surface area contributed by atoms with Gasteiger partial charge in [0.2, 0.25) is 0 Å². The van der Waals surface area contributed by atoms with E-state index >= 15 is 0 Å². The normalized spacial score (nSPS) is 12.1. The van der Waals surface area contributed by atoms with Gasteiger partial charge in [-0.25, -0.2) is 0 Å². The Morgan fingerprint density at radius 1 is 1.18 bits per heavy atom. The largest absolute Gasteiger partial charge is 0.312 e. The zero-order valence-corrected chi connectivity index (χ0v) is 14.8. The molecule has 0 saturated heterocycles. The molecule has 0 amide bonds. The number of unbranched alkanes of at least 4 members (excludes halogenated alkanes) is 2. The second kappa shape index (κ2) is 7.27. The number of hydrogen-bond donors (Lipinski definition) is 1.